The summed E-state index contributed by atoms with van der Waals surface area (Å²) in [5.41, 5.74) is 1.21. The van der Waals surface area contributed by atoms with Crippen LogP contribution in [0.15, 0.2) is 46.9 Å². The molecule has 2 rings (SSSR count). The molecule has 1 aromatic carbocycles. The van der Waals surface area contributed by atoms with Crippen LogP contribution in [0.5, 0.6) is 0 Å². The van der Waals surface area contributed by atoms with E-state index in [0.717, 1.165) is 19.3 Å². The molecule has 148 valence electrons. The van der Waals surface area contributed by atoms with Gasteiger partial charge in [-0.15, -0.1) is 0 Å². The zero-order chi connectivity index (χ0) is 19.9. The zero-order valence-electron chi connectivity index (χ0n) is 15.1. The van der Waals surface area contributed by atoms with Crippen LogP contribution in [0, 0.1) is 5.92 Å². The Morgan fingerprint density at radius 1 is 1.30 bits per heavy atom. The van der Waals surface area contributed by atoms with Crippen LogP contribution < -0.4 is 4.72 Å². The fourth-order valence-corrected chi connectivity index (χ4v) is 4.35. The van der Waals surface area contributed by atoms with Crippen LogP contribution in [0.25, 0.3) is 0 Å². The summed E-state index contributed by atoms with van der Waals surface area (Å²) in [5, 5.41) is 0.522. The maximum atomic E-state index is 12.5. The molecule has 0 bridgehead atoms. The molecule has 0 radical (unpaired) electrons. The molecule has 0 aromatic heterocycles. The van der Waals surface area contributed by atoms with Gasteiger partial charge < -0.3 is 4.74 Å². The first-order valence-corrected chi connectivity index (χ1v) is 10.9. The van der Waals surface area contributed by atoms with Crippen molar-refractivity contribution in [3.05, 3.63) is 52.0 Å². The number of sulfonamides is 1. The van der Waals surface area contributed by atoms with E-state index < -0.39 is 10.0 Å². The van der Waals surface area contributed by atoms with Crippen LogP contribution in [0.4, 0.5) is 0 Å². The lowest BCUT2D eigenvalue weighted by atomic mass is 9.99. The smallest absolute Gasteiger partial charge is 0.305 e. The van der Waals surface area contributed by atoms with Gasteiger partial charge in [0.05, 0.1) is 22.1 Å². The van der Waals surface area contributed by atoms with Crippen LogP contribution in [0.3, 0.4) is 0 Å². The second-order valence-electron chi connectivity index (χ2n) is 6.27. The predicted molar refractivity (Wildman–Crippen MR) is 107 cm³/mol. The average Bonchev–Trinajstić information content (AvgIpc) is 3.09. The highest BCUT2D eigenvalue weighted by Gasteiger charge is 2.22. The van der Waals surface area contributed by atoms with Crippen molar-refractivity contribution in [3.63, 3.8) is 0 Å². The number of hydrogen-bond donors (Lipinski definition) is 1. The number of ether oxygens (including phenoxy) is 1. The van der Waals surface area contributed by atoms with E-state index in [4.69, 9.17) is 23.2 Å². The lowest BCUT2D eigenvalue weighted by molar-refractivity contribution is -0.140. The van der Waals surface area contributed by atoms with Gasteiger partial charge in [0, 0.05) is 13.0 Å². The van der Waals surface area contributed by atoms with E-state index in [2.05, 4.69) is 15.5 Å². The largest absolute Gasteiger partial charge is 0.469 e. The molecule has 0 spiro atoms. The molecule has 0 aliphatic heterocycles. The van der Waals surface area contributed by atoms with Gasteiger partial charge in [0.15, 0.2) is 0 Å². The number of allylic oxidation sites excluding steroid dienone is 3. The van der Waals surface area contributed by atoms with E-state index in [-0.39, 0.29) is 21.8 Å². The summed E-state index contributed by atoms with van der Waals surface area (Å²) >= 11 is 11.8. The summed E-state index contributed by atoms with van der Waals surface area (Å²) in [6.07, 6.45) is 9.71. The van der Waals surface area contributed by atoms with Crippen molar-refractivity contribution in [2.24, 2.45) is 5.92 Å². The standard InChI is InChI=1S/C19H23Cl2NO4S/c1-26-19(23)9-4-2-3-6-14-7-5-8-15(14)13-22-27(24,25)16-10-11-17(20)18(21)12-16/h2-3,7,10-12,15,22H,4-6,8-9,13H2,1H3/b3-2-/t15-/m1/s1. The highest BCUT2D eigenvalue weighted by molar-refractivity contribution is 7.89. The second-order valence-corrected chi connectivity index (χ2v) is 8.85. The van der Waals surface area contributed by atoms with Crippen molar-refractivity contribution in [3.8, 4) is 0 Å². The Hall–Kier alpha value is -1.34. The normalized spacial score (nSPS) is 17.3. The number of benzene rings is 1. The molecule has 0 unspecified atom stereocenters. The summed E-state index contributed by atoms with van der Waals surface area (Å²) in [5.74, 6) is -0.0675. The van der Waals surface area contributed by atoms with Crippen molar-refractivity contribution in [1.29, 1.82) is 0 Å². The van der Waals surface area contributed by atoms with E-state index >= 15 is 0 Å². The summed E-state index contributed by atoms with van der Waals surface area (Å²) in [6, 6.07) is 4.26. The van der Waals surface area contributed by atoms with Crippen LogP contribution in [-0.4, -0.2) is 28.0 Å². The number of halogens is 2. The Labute approximate surface area is 170 Å². The minimum Gasteiger partial charge on any atom is -0.469 e. The quantitative estimate of drug-likeness (QED) is 0.461. The molecular weight excluding hydrogens is 409 g/mol. The van der Waals surface area contributed by atoms with E-state index in [1.165, 1.54) is 30.9 Å². The summed E-state index contributed by atoms with van der Waals surface area (Å²) < 4.78 is 32.2. The topological polar surface area (TPSA) is 72.5 Å². The van der Waals surface area contributed by atoms with Crippen LogP contribution >= 0.6 is 23.2 Å². The predicted octanol–water partition coefficient (Wildman–Crippen LogP) is 4.51. The summed E-state index contributed by atoms with van der Waals surface area (Å²) in [6.45, 7) is 0.338. The van der Waals surface area contributed by atoms with Crippen LogP contribution in [0.2, 0.25) is 10.0 Å². The number of esters is 1. The summed E-state index contributed by atoms with van der Waals surface area (Å²) in [4.78, 5) is 11.2. The molecule has 1 aliphatic carbocycles. The lowest BCUT2D eigenvalue weighted by Crippen LogP contribution is -2.29. The fraction of sp³-hybridized carbons (Fsp3) is 0.421. The van der Waals surface area contributed by atoms with Crippen molar-refractivity contribution in [2.75, 3.05) is 13.7 Å². The average molecular weight is 432 g/mol. The number of carbonyl (C=O) groups excluding carboxylic acids is 1. The van der Waals surface area contributed by atoms with E-state index in [1.807, 2.05) is 12.2 Å². The first kappa shape index (κ1) is 22.0. The number of rotatable bonds is 9. The monoisotopic (exact) mass is 431 g/mol. The molecule has 8 heteroatoms. The van der Waals surface area contributed by atoms with Gasteiger partial charge in [0.2, 0.25) is 10.0 Å². The number of carbonyl (C=O) groups is 1. The van der Waals surface area contributed by atoms with Gasteiger partial charge in [-0.2, -0.15) is 0 Å². The van der Waals surface area contributed by atoms with Crippen LogP contribution in [-0.2, 0) is 19.6 Å². The van der Waals surface area contributed by atoms with Gasteiger partial charge in [0.25, 0.3) is 0 Å². The van der Waals surface area contributed by atoms with Crippen molar-refractivity contribution in [1.82, 2.24) is 4.72 Å². The highest BCUT2D eigenvalue weighted by Crippen LogP contribution is 2.29. The highest BCUT2D eigenvalue weighted by atomic mass is 35.5. The number of hydrogen-bond acceptors (Lipinski definition) is 4. The molecular formula is C19H23Cl2NO4S. The van der Waals surface area contributed by atoms with E-state index in [9.17, 15) is 13.2 Å². The fourth-order valence-electron chi connectivity index (χ4n) is 2.88. The van der Waals surface area contributed by atoms with E-state index in [0.29, 0.717) is 24.4 Å². The summed E-state index contributed by atoms with van der Waals surface area (Å²) in [7, 11) is -2.27. The molecule has 1 aromatic rings. The molecule has 1 aliphatic rings. The molecule has 0 amide bonds. The first-order valence-electron chi connectivity index (χ1n) is 8.69. The maximum absolute atomic E-state index is 12.5. The Morgan fingerprint density at radius 2 is 2.07 bits per heavy atom. The molecule has 5 nitrogen and oxygen atoms in total. The van der Waals surface area contributed by atoms with Gasteiger partial charge in [0.1, 0.15) is 0 Å². The molecule has 0 fully saturated rings. The zero-order valence-corrected chi connectivity index (χ0v) is 17.4. The number of methoxy groups -OCH3 is 1. The van der Waals surface area contributed by atoms with Gasteiger partial charge >= 0.3 is 5.97 Å². The van der Waals surface area contributed by atoms with Crippen molar-refractivity contribution >= 4 is 39.2 Å². The molecule has 1 atom stereocenters. The number of nitrogens with one attached hydrogen (secondary N) is 1. The third-order valence-electron chi connectivity index (χ3n) is 4.43. The maximum Gasteiger partial charge on any atom is 0.305 e. The second kappa shape index (κ2) is 10.3. The third-order valence-corrected chi connectivity index (χ3v) is 6.59. The van der Waals surface area contributed by atoms with E-state index in [1.54, 1.807) is 0 Å². The van der Waals surface area contributed by atoms with Crippen molar-refractivity contribution in [2.45, 2.75) is 37.0 Å². The molecule has 0 saturated carbocycles. The van der Waals surface area contributed by atoms with Crippen molar-refractivity contribution < 1.29 is 17.9 Å². The Bertz CT molecular complexity index is 834. The Morgan fingerprint density at radius 3 is 2.78 bits per heavy atom. The Balaban J connectivity index is 1.87. The van der Waals surface area contributed by atoms with Gasteiger partial charge in [-0.3, -0.25) is 4.79 Å². The van der Waals surface area contributed by atoms with Gasteiger partial charge in [-0.1, -0.05) is 47.0 Å². The minimum absolute atomic E-state index is 0.100. The minimum atomic E-state index is -3.64. The Kier molecular flexibility index (Phi) is 8.35. The lowest BCUT2D eigenvalue weighted by Gasteiger charge is -2.15. The molecule has 0 saturated heterocycles. The molecule has 0 heterocycles. The van der Waals surface area contributed by atoms with Gasteiger partial charge in [-0.05, 0) is 49.8 Å². The molecule has 27 heavy (non-hydrogen) atoms. The van der Waals surface area contributed by atoms with Crippen LogP contribution in [0.1, 0.15) is 32.1 Å². The first-order chi connectivity index (χ1) is 12.8. The van der Waals surface area contributed by atoms with Gasteiger partial charge in [-0.25, -0.2) is 13.1 Å². The molecule has 1 N–H and O–H groups in total. The third kappa shape index (κ3) is 6.64. The SMILES string of the molecule is COC(=O)CC/C=C\CC1=CCC[C@@H]1CNS(=O)(=O)c1ccc(Cl)c(Cl)c1.